The number of ketones is 2. The predicted molar refractivity (Wildman–Crippen MR) is 83.8 cm³/mol. The fraction of sp³-hybridized carbons (Fsp3) is 0.647. The molecule has 0 atom stereocenters. The van der Waals surface area contributed by atoms with E-state index in [1.807, 2.05) is 0 Å². The third-order valence-electron chi connectivity index (χ3n) is 2.83. The molecule has 0 rings (SSSR count). The van der Waals surface area contributed by atoms with Gasteiger partial charge < -0.3 is 9.47 Å². The molecule has 0 N–H and O–H groups in total. The average Bonchev–Trinajstić information content (AvgIpc) is 2.31. The second kappa shape index (κ2) is 9.37. The van der Waals surface area contributed by atoms with E-state index in [1.165, 1.54) is 26.0 Å². The molecule has 0 aliphatic rings. The number of rotatable bonds is 10. The molecule has 0 aliphatic carbocycles. The summed E-state index contributed by atoms with van der Waals surface area (Å²) in [5.74, 6) is 1.28. The molecule has 0 saturated carbocycles. The van der Waals surface area contributed by atoms with Crippen LogP contribution in [0.3, 0.4) is 0 Å². The van der Waals surface area contributed by atoms with Crippen molar-refractivity contribution < 1.29 is 19.1 Å². The Kier molecular flexibility index (Phi) is 8.67. The van der Waals surface area contributed by atoms with Gasteiger partial charge in [0, 0.05) is 12.2 Å². The van der Waals surface area contributed by atoms with Crippen molar-refractivity contribution in [1.29, 1.82) is 0 Å². The van der Waals surface area contributed by atoms with Crippen molar-refractivity contribution in [2.45, 2.75) is 54.4 Å². The van der Waals surface area contributed by atoms with E-state index in [0.29, 0.717) is 24.7 Å². The largest absolute Gasteiger partial charge is 0.498 e. The Morgan fingerprint density at radius 2 is 1.38 bits per heavy atom. The summed E-state index contributed by atoms with van der Waals surface area (Å²) in [5, 5.41) is 0. The van der Waals surface area contributed by atoms with Gasteiger partial charge in [0.05, 0.1) is 24.7 Å². The number of allylic oxidation sites excluding steroid dienone is 4. The maximum absolute atomic E-state index is 10.9. The number of carbonyl (C=O) groups is 2. The van der Waals surface area contributed by atoms with Crippen LogP contribution in [0.2, 0.25) is 0 Å². The Balaban J connectivity index is 4.03. The summed E-state index contributed by atoms with van der Waals surface area (Å²) in [7, 11) is 0. The molecule has 0 heterocycles. The van der Waals surface area contributed by atoms with Crippen molar-refractivity contribution in [1.82, 2.24) is 0 Å². The summed E-state index contributed by atoms with van der Waals surface area (Å²) >= 11 is 0. The Morgan fingerprint density at radius 3 is 1.86 bits per heavy atom. The first-order valence-electron chi connectivity index (χ1n) is 7.26. The van der Waals surface area contributed by atoms with Gasteiger partial charge in [-0.05, 0) is 46.0 Å². The zero-order valence-corrected chi connectivity index (χ0v) is 14.1. The van der Waals surface area contributed by atoms with Crippen LogP contribution in [-0.2, 0) is 19.1 Å². The summed E-state index contributed by atoms with van der Waals surface area (Å²) in [5.41, 5.74) is 0.00738. The zero-order valence-electron chi connectivity index (χ0n) is 14.1. The summed E-state index contributed by atoms with van der Waals surface area (Å²) in [4.78, 5) is 21.8. The van der Waals surface area contributed by atoms with E-state index in [4.69, 9.17) is 9.47 Å². The molecule has 0 amide bonds. The molecular formula is C17H28O4. The van der Waals surface area contributed by atoms with E-state index in [2.05, 4.69) is 13.8 Å². The van der Waals surface area contributed by atoms with Crippen molar-refractivity contribution in [3.8, 4) is 0 Å². The van der Waals surface area contributed by atoms with Crippen LogP contribution < -0.4 is 0 Å². The van der Waals surface area contributed by atoms with Gasteiger partial charge in [-0.25, -0.2) is 0 Å². The summed E-state index contributed by atoms with van der Waals surface area (Å²) in [6, 6.07) is 0. The summed E-state index contributed by atoms with van der Waals surface area (Å²) < 4.78 is 11.1. The number of carbonyl (C=O) groups excluding carboxylic acids is 2. The van der Waals surface area contributed by atoms with Crippen molar-refractivity contribution >= 4 is 11.6 Å². The van der Waals surface area contributed by atoms with Crippen LogP contribution in [0.1, 0.15) is 54.4 Å². The first-order valence-corrected chi connectivity index (χ1v) is 7.26. The molecule has 120 valence electrons. The van der Waals surface area contributed by atoms with Gasteiger partial charge in [-0.3, -0.25) is 9.59 Å². The SMILES string of the molecule is CC(=O)/C=C(/C)OCCCC(C)(C)CO/C(C)=C\C(C)=O. The van der Waals surface area contributed by atoms with Gasteiger partial charge in [-0.15, -0.1) is 0 Å². The third kappa shape index (κ3) is 11.9. The van der Waals surface area contributed by atoms with E-state index in [1.54, 1.807) is 13.8 Å². The highest BCUT2D eigenvalue weighted by Crippen LogP contribution is 2.24. The minimum Gasteiger partial charge on any atom is -0.498 e. The van der Waals surface area contributed by atoms with Crippen LogP contribution >= 0.6 is 0 Å². The lowest BCUT2D eigenvalue weighted by Gasteiger charge is -2.25. The molecule has 0 saturated heterocycles. The Morgan fingerprint density at radius 1 is 0.905 bits per heavy atom. The Labute approximate surface area is 128 Å². The van der Waals surface area contributed by atoms with Gasteiger partial charge in [0.1, 0.15) is 0 Å². The molecule has 0 aromatic carbocycles. The van der Waals surface area contributed by atoms with Gasteiger partial charge in [-0.1, -0.05) is 13.8 Å². The van der Waals surface area contributed by atoms with Crippen LogP contribution in [0.5, 0.6) is 0 Å². The van der Waals surface area contributed by atoms with Crippen LogP contribution in [0.25, 0.3) is 0 Å². The van der Waals surface area contributed by atoms with Crippen molar-refractivity contribution in [3.63, 3.8) is 0 Å². The quantitative estimate of drug-likeness (QED) is 0.349. The van der Waals surface area contributed by atoms with Gasteiger partial charge in [0.25, 0.3) is 0 Å². The monoisotopic (exact) mass is 296 g/mol. The molecule has 0 aromatic heterocycles. The molecule has 0 aliphatic heterocycles. The first kappa shape index (κ1) is 19.4. The molecule has 0 unspecified atom stereocenters. The Hall–Kier alpha value is -1.58. The maximum Gasteiger partial charge on any atom is 0.155 e. The predicted octanol–water partition coefficient (Wildman–Crippen LogP) is 3.81. The number of ether oxygens (including phenoxy) is 2. The van der Waals surface area contributed by atoms with Gasteiger partial charge in [0.15, 0.2) is 11.6 Å². The Bertz CT molecular complexity index is 417. The minimum atomic E-state index is -0.00793. The molecular weight excluding hydrogens is 268 g/mol. The van der Waals surface area contributed by atoms with Crippen molar-refractivity contribution in [2.24, 2.45) is 5.41 Å². The van der Waals surface area contributed by atoms with Crippen molar-refractivity contribution in [3.05, 3.63) is 23.7 Å². The molecule has 21 heavy (non-hydrogen) atoms. The molecule has 0 bridgehead atoms. The standard InChI is InChI=1S/C17H28O4/c1-13(18)10-15(3)20-9-7-8-17(5,6)12-21-16(4)11-14(2)19/h10-11H,7-9,12H2,1-6H3/b15-10-,16-11-. The van der Waals surface area contributed by atoms with Crippen LogP contribution in [0, 0.1) is 5.41 Å². The van der Waals surface area contributed by atoms with E-state index >= 15 is 0 Å². The highest BCUT2D eigenvalue weighted by Gasteiger charge is 2.18. The maximum atomic E-state index is 10.9. The van der Waals surface area contributed by atoms with Crippen LogP contribution in [0.15, 0.2) is 23.7 Å². The first-order chi connectivity index (χ1) is 9.62. The lowest BCUT2D eigenvalue weighted by molar-refractivity contribution is -0.113. The molecule has 0 aromatic rings. The average molecular weight is 296 g/mol. The normalized spacial score (nSPS) is 13.0. The molecule has 4 nitrogen and oxygen atoms in total. The van der Waals surface area contributed by atoms with Crippen molar-refractivity contribution in [2.75, 3.05) is 13.2 Å². The van der Waals surface area contributed by atoms with Gasteiger partial charge in [-0.2, -0.15) is 0 Å². The fourth-order valence-electron chi connectivity index (χ4n) is 1.82. The van der Waals surface area contributed by atoms with Gasteiger partial charge in [0.2, 0.25) is 0 Å². The van der Waals surface area contributed by atoms with Crippen LogP contribution in [0.4, 0.5) is 0 Å². The summed E-state index contributed by atoms with van der Waals surface area (Å²) in [6.07, 6.45) is 4.81. The molecule has 0 fully saturated rings. The third-order valence-corrected chi connectivity index (χ3v) is 2.83. The molecule has 0 radical (unpaired) electrons. The zero-order chi connectivity index (χ0) is 16.5. The summed E-state index contributed by atoms with van der Waals surface area (Å²) in [6.45, 7) is 12.0. The fourth-order valence-corrected chi connectivity index (χ4v) is 1.82. The lowest BCUT2D eigenvalue weighted by atomic mass is 9.89. The molecule has 0 spiro atoms. The highest BCUT2D eigenvalue weighted by molar-refractivity contribution is 5.87. The van der Waals surface area contributed by atoms with Gasteiger partial charge >= 0.3 is 0 Å². The lowest BCUT2D eigenvalue weighted by Crippen LogP contribution is -2.19. The second-order valence-corrected chi connectivity index (χ2v) is 6.14. The van der Waals surface area contributed by atoms with Crippen LogP contribution in [-0.4, -0.2) is 24.8 Å². The topological polar surface area (TPSA) is 52.6 Å². The van der Waals surface area contributed by atoms with E-state index in [9.17, 15) is 9.59 Å². The van der Waals surface area contributed by atoms with E-state index < -0.39 is 0 Å². The van der Waals surface area contributed by atoms with E-state index in [-0.39, 0.29) is 17.0 Å². The van der Waals surface area contributed by atoms with E-state index in [0.717, 1.165) is 12.8 Å². The molecule has 4 heteroatoms. The smallest absolute Gasteiger partial charge is 0.155 e. The second-order valence-electron chi connectivity index (χ2n) is 6.14. The number of hydrogen-bond acceptors (Lipinski definition) is 4. The minimum absolute atomic E-state index is 0.00559. The number of hydrogen-bond donors (Lipinski definition) is 0. The highest BCUT2D eigenvalue weighted by atomic mass is 16.5.